The smallest absolute Gasteiger partial charge is 0.291 e. The Balaban J connectivity index is 0. The molecule has 0 heterocycles. The second-order valence-electron chi connectivity index (χ2n) is 0.238. The third-order valence-electron chi connectivity index (χ3n) is 0. The average Bonchev–Trinajstić information content (AvgIpc) is 0.811. The summed E-state index contributed by atoms with van der Waals surface area (Å²) in [5.74, 6) is 0. The van der Waals surface area contributed by atoms with E-state index in [2.05, 4.69) is 0 Å². The molecule has 0 saturated heterocycles. The van der Waals surface area contributed by atoms with Gasteiger partial charge in [0.05, 0.1) is 0 Å². The van der Waals surface area contributed by atoms with Crippen molar-refractivity contribution in [1.29, 1.82) is 0 Å². The molecule has 5 heteroatoms. The fourth-order valence-electron chi connectivity index (χ4n) is 0. The molecule has 0 aromatic rings. The van der Waals surface area contributed by atoms with Gasteiger partial charge in [-0.15, -0.1) is 10.1 Å². The molecule has 0 aliphatic rings. The van der Waals surface area contributed by atoms with Crippen LogP contribution in [0.5, 0.6) is 0 Å². The number of hydrogen-bond acceptors (Lipinski definition) is 2. The summed E-state index contributed by atoms with van der Waals surface area (Å²) in [4.78, 5) is 8.36. The standard InChI is InChI=1S/Dy.HNO3/c;2-1(3)4/h;(H,2,3,4). The van der Waals surface area contributed by atoms with Crippen molar-refractivity contribution in [3.63, 3.8) is 0 Å². The van der Waals surface area contributed by atoms with Crippen molar-refractivity contribution >= 4 is 0 Å². The van der Waals surface area contributed by atoms with Crippen LogP contribution in [0, 0.1) is 48.3 Å². The summed E-state index contributed by atoms with van der Waals surface area (Å²) in [7, 11) is 0. The van der Waals surface area contributed by atoms with Gasteiger partial charge in [0.15, 0.2) is 0 Å². The molecule has 4 nitrogen and oxygen atoms in total. The monoisotopic (exact) mass is 227 g/mol. The van der Waals surface area contributed by atoms with E-state index >= 15 is 0 Å². The Kier molecular flexibility index (Phi) is 8.12. The Morgan fingerprint density at radius 1 is 1.80 bits per heavy atom. The minimum Gasteiger partial charge on any atom is -0.328 e. The van der Waals surface area contributed by atoms with Gasteiger partial charge in [-0.05, 0) is 0 Å². The van der Waals surface area contributed by atoms with Crippen molar-refractivity contribution in [3.8, 4) is 0 Å². The van der Waals surface area contributed by atoms with Crippen molar-refractivity contribution in [2.75, 3.05) is 0 Å². The molecule has 5 heavy (non-hydrogen) atoms. The van der Waals surface area contributed by atoms with Crippen LogP contribution >= 0.6 is 0 Å². The molecule has 0 atom stereocenters. The van der Waals surface area contributed by atoms with Crippen molar-refractivity contribution in [1.82, 2.24) is 0 Å². The van der Waals surface area contributed by atoms with E-state index in [1.54, 1.807) is 0 Å². The van der Waals surface area contributed by atoms with Crippen LogP contribution in [0.1, 0.15) is 0 Å². The first kappa shape index (κ1) is 9.08. The van der Waals surface area contributed by atoms with Gasteiger partial charge in [-0.3, -0.25) is 0 Å². The normalized spacial score (nSPS) is 4.80. The topological polar surface area (TPSA) is 63.4 Å². The second-order valence-corrected chi connectivity index (χ2v) is 0.238. The maximum Gasteiger partial charge on any atom is 0.291 e. The summed E-state index contributed by atoms with van der Waals surface area (Å²) in [6.07, 6.45) is 0. The first-order chi connectivity index (χ1) is 1.73. The zero-order valence-electron chi connectivity index (χ0n) is 2.03. The molecular weight excluding hydrogens is 225 g/mol. The Labute approximate surface area is 58.3 Å². The van der Waals surface area contributed by atoms with E-state index in [4.69, 9.17) is 15.3 Å². The Morgan fingerprint density at radius 2 is 1.80 bits per heavy atom. The van der Waals surface area contributed by atoms with Crippen molar-refractivity contribution < 1.29 is 48.5 Å². The summed E-state index contributed by atoms with van der Waals surface area (Å²) < 4.78 is 0. The molecule has 0 aliphatic carbocycles. The van der Waals surface area contributed by atoms with E-state index in [0.29, 0.717) is 0 Å². The predicted molar refractivity (Wildman–Crippen MR) is 8.78 cm³/mol. The molecule has 0 unspecified atom stereocenters. The maximum atomic E-state index is 8.36. The largest absolute Gasteiger partial charge is 0.328 e. The van der Waals surface area contributed by atoms with Crippen LogP contribution in [0.2, 0.25) is 0 Å². The summed E-state index contributed by atoms with van der Waals surface area (Å²) in [6, 6.07) is 0. The van der Waals surface area contributed by atoms with Crippen LogP contribution in [-0.2, 0) is 0 Å². The summed E-state index contributed by atoms with van der Waals surface area (Å²) >= 11 is 0. The molecule has 0 fully saturated rings. The SMILES string of the molecule is O=[N+]([O-])O.[Dy]. The Morgan fingerprint density at radius 3 is 1.80 bits per heavy atom. The minimum absolute atomic E-state index is 0. The van der Waals surface area contributed by atoms with E-state index in [1.165, 1.54) is 0 Å². The molecule has 0 spiro atoms. The molecule has 0 aromatic heterocycles. The molecule has 0 rings (SSSR count). The molecular formula is HDyNO3. The van der Waals surface area contributed by atoms with E-state index in [9.17, 15) is 0 Å². The number of nitrogens with zero attached hydrogens (tertiary/aromatic N) is 1. The van der Waals surface area contributed by atoms with Gasteiger partial charge >= 0.3 is 0 Å². The molecule has 0 aromatic carbocycles. The van der Waals surface area contributed by atoms with Gasteiger partial charge < -0.3 is 5.21 Å². The maximum absolute atomic E-state index is 8.36. The first-order valence-corrected chi connectivity index (χ1v) is 0.565. The van der Waals surface area contributed by atoms with Gasteiger partial charge in [0.1, 0.15) is 0 Å². The van der Waals surface area contributed by atoms with Crippen LogP contribution in [0.4, 0.5) is 0 Å². The third-order valence-corrected chi connectivity index (χ3v) is 0. The number of rotatable bonds is 0. The van der Waals surface area contributed by atoms with Crippen LogP contribution in [0.3, 0.4) is 0 Å². The van der Waals surface area contributed by atoms with Gasteiger partial charge in [-0.25, -0.2) is 0 Å². The molecule has 34 valence electrons. The Bertz CT molecular complexity index is 29.9. The summed E-state index contributed by atoms with van der Waals surface area (Å²) in [6.45, 7) is 0. The quantitative estimate of drug-likeness (QED) is 0.453. The summed E-state index contributed by atoms with van der Waals surface area (Å²) in [5, 5.41) is 13.6. The van der Waals surface area contributed by atoms with E-state index in [1.807, 2.05) is 0 Å². The first-order valence-electron chi connectivity index (χ1n) is 0.565. The molecule has 0 bridgehead atoms. The fourth-order valence-corrected chi connectivity index (χ4v) is 0. The van der Waals surface area contributed by atoms with E-state index < -0.39 is 5.09 Å². The fraction of sp³-hybridized carbons (Fsp3) is 0. The zero-order valence-corrected chi connectivity index (χ0v) is 4.06. The van der Waals surface area contributed by atoms with E-state index in [-0.39, 0.29) is 38.2 Å². The molecule has 0 radical (unpaired) electrons. The second kappa shape index (κ2) is 4.47. The van der Waals surface area contributed by atoms with Gasteiger partial charge in [-0.1, -0.05) is 0 Å². The zero-order chi connectivity index (χ0) is 3.58. The third kappa shape index (κ3) is 122. The molecule has 0 saturated carbocycles. The van der Waals surface area contributed by atoms with Crippen molar-refractivity contribution in [3.05, 3.63) is 10.1 Å². The van der Waals surface area contributed by atoms with Gasteiger partial charge in [0, 0.05) is 38.2 Å². The average molecular weight is 226 g/mol. The predicted octanol–water partition coefficient (Wildman–Crippen LogP) is -0.348. The van der Waals surface area contributed by atoms with Crippen LogP contribution in [0.15, 0.2) is 0 Å². The van der Waals surface area contributed by atoms with Crippen LogP contribution in [0.25, 0.3) is 0 Å². The van der Waals surface area contributed by atoms with Gasteiger partial charge in [0.2, 0.25) is 0 Å². The molecule has 0 amide bonds. The van der Waals surface area contributed by atoms with Gasteiger partial charge in [-0.2, -0.15) is 0 Å². The number of hydrogen-bond donors (Lipinski definition) is 1. The van der Waals surface area contributed by atoms with Gasteiger partial charge in [0.25, 0.3) is 5.09 Å². The summed E-state index contributed by atoms with van der Waals surface area (Å²) in [5.41, 5.74) is 0. The van der Waals surface area contributed by atoms with Crippen LogP contribution < -0.4 is 0 Å². The minimum atomic E-state index is -1.50. The van der Waals surface area contributed by atoms with E-state index in [0.717, 1.165) is 0 Å². The van der Waals surface area contributed by atoms with Crippen molar-refractivity contribution in [2.24, 2.45) is 0 Å². The van der Waals surface area contributed by atoms with Crippen molar-refractivity contribution in [2.45, 2.75) is 0 Å². The Hall–Kier alpha value is 0.473. The molecule has 0 aliphatic heterocycles. The molecule has 1 N–H and O–H groups in total. The van der Waals surface area contributed by atoms with Crippen LogP contribution in [-0.4, -0.2) is 10.3 Å².